The normalized spacial score (nSPS) is 24.3. The van der Waals surface area contributed by atoms with Crippen LogP contribution in [-0.2, 0) is 4.79 Å². The second-order valence-corrected chi connectivity index (χ2v) is 3.19. The summed E-state index contributed by atoms with van der Waals surface area (Å²) in [5.74, 6) is 0.372. The van der Waals surface area contributed by atoms with Crippen molar-refractivity contribution in [2.24, 2.45) is 5.92 Å². The van der Waals surface area contributed by atoms with Crippen molar-refractivity contribution in [1.82, 2.24) is 15.5 Å². The largest absolute Gasteiger partial charge is 0.359 e. The van der Waals surface area contributed by atoms with E-state index in [1.165, 1.54) is 0 Å². The first kappa shape index (κ1) is 9.48. The Kier molecular flexibility index (Phi) is 3.49. The van der Waals surface area contributed by atoms with Crippen LogP contribution >= 0.6 is 0 Å². The zero-order valence-electron chi connectivity index (χ0n) is 7.76. The zero-order valence-corrected chi connectivity index (χ0v) is 7.76. The highest BCUT2D eigenvalue weighted by molar-refractivity contribution is 5.78. The predicted octanol–water partition coefficient (Wildman–Crippen LogP) is -0.769. The highest BCUT2D eigenvalue weighted by Crippen LogP contribution is 2.14. The van der Waals surface area contributed by atoms with Crippen molar-refractivity contribution in [3.63, 3.8) is 0 Å². The molecule has 0 unspecified atom stereocenters. The van der Waals surface area contributed by atoms with Crippen LogP contribution in [0.3, 0.4) is 0 Å². The van der Waals surface area contributed by atoms with Crippen molar-refractivity contribution in [2.45, 2.75) is 6.42 Å². The molecule has 0 bridgehead atoms. The van der Waals surface area contributed by atoms with Gasteiger partial charge >= 0.3 is 0 Å². The fourth-order valence-corrected chi connectivity index (χ4v) is 1.62. The van der Waals surface area contributed by atoms with Crippen LogP contribution in [0.2, 0.25) is 0 Å². The van der Waals surface area contributed by atoms with E-state index in [-0.39, 0.29) is 11.8 Å². The van der Waals surface area contributed by atoms with Crippen LogP contribution in [0.5, 0.6) is 0 Å². The molecule has 1 aliphatic heterocycles. The van der Waals surface area contributed by atoms with Crippen molar-refractivity contribution in [3.05, 3.63) is 0 Å². The van der Waals surface area contributed by atoms with Crippen molar-refractivity contribution in [3.8, 4) is 0 Å². The Morgan fingerprint density at radius 2 is 2.33 bits per heavy atom. The van der Waals surface area contributed by atoms with Gasteiger partial charge in [-0.25, -0.2) is 0 Å². The summed E-state index contributed by atoms with van der Waals surface area (Å²) >= 11 is 0. The predicted molar refractivity (Wildman–Crippen MR) is 47.7 cm³/mol. The Balaban J connectivity index is 2.30. The molecule has 0 radical (unpaired) electrons. The van der Waals surface area contributed by atoms with E-state index in [1.807, 2.05) is 7.05 Å². The quantitative estimate of drug-likeness (QED) is 0.586. The van der Waals surface area contributed by atoms with Gasteiger partial charge in [-0.1, -0.05) is 0 Å². The Bertz CT molecular complexity index is 160. The monoisotopic (exact) mass is 171 g/mol. The first-order valence-electron chi connectivity index (χ1n) is 4.36. The van der Waals surface area contributed by atoms with Crippen molar-refractivity contribution in [1.29, 1.82) is 0 Å². The third-order valence-electron chi connectivity index (χ3n) is 2.27. The van der Waals surface area contributed by atoms with Crippen LogP contribution in [-0.4, -0.2) is 44.7 Å². The van der Waals surface area contributed by atoms with E-state index in [2.05, 4.69) is 15.5 Å². The molecule has 4 heteroatoms. The van der Waals surface area contributed by atoms with Crippen LogP contribution in [0.15, 0.2) is 0 Å². The maximum Gasteiger partial charge on any atom is 0.224 e. The van der Waals surface area contributed by atoms with Gasteiger partial charge in [-0.3, -0.25) is 9.69 Å². The smallest absolute Gasteiger partial charge is 0.224 e. The van der Waals surface area contributed by atoms with E-state index in [0.29, 0.717) is 0 Å². The molecule has 0 saturated carbocycles. The summed E-state index contributed by atoms with van der Waals surface area (Å²) in [4.78, 5) is 13.5. The number of nitrogens with one attached hydrogen (secondary N) is 2. The third-order valence-corrected chi connectivity index (χ3v) is 2.27. The van der Waals surface area contributed by atoms with Crippen molar-refractivity contribution in [2.75, 3.05) is 33.9 Å². The van der Waals surface area contributed by atoms with Gasteiger partial charge in [0.15, 0.2) is 0 Å². The van der Waals surface area contributed by atoms with E-state index in [1.54, 1.807) is 7.05 Å². The molecule has 4 nitrogen and oxygen atoms in total. The molecular weight excluding hydrogens is 154 g/mol. The van der Waals surface area contributed by atoms with E-state index >= 15 is 0 Å². The van der Waals surface area contributed by atoms with Crippen molar-refractivity contribution >= 4 is 5.91 Å². The van der Waals surface area contributed by atoms with Crippen LogP contribution in [0, 0.1) is 5.92 Å². The molecule has 0 aromatic heterocycles. The zero-order chi connectivity index (χ0) is 8.97. The maximum atomic E-state index is 11.2. The molecule has 2 N–H and O–H groups in total. The van der Waals surface area contributed by atoms with Crippen LogP contribution < -0.4 is 10.6 Å². The first-order chi connectivity index (χ1) is 5.77. The first-order valence-corrected chi connectivity index (χ1v) is 4.36. The Morgan fingerprint density at radius 1 is 1.58 bits per heavy atom. The van der Waals surface area contributed by atoms with E-state index < -0.39 is 0 Å². The van der Waals surface area contributed by atoms with Gasteiger partial charge in [-0.15, -0.1) is 0 Å². The molecule has 12 heavy (non-hydrogen) atoms. The fourth-order valence-electron chi connectivity index (χ4n) is 1.62. The van der Waals surface area contributed by atoms with E-state index in [9.17, 15) is 4.79 Å². The molecule has 0 aromatic rings. The SMILES string of the molecule is CNCN1CC[C@H](C(=O)NC)C1. The summed E-state index contributed by atoms with van der Waals surface area (Å²) in [6, 6.07) is 0. The minimum atomic E-state index is 0.175. The van der Waals surface area contributed by atoms with Crippen molar-refractivity contribution < 1.29 is 4.79 Å². The number of carbonyl (C=O) groups excluding carboxylic acids is 1. The summed E-state index contributed by atoms with van der Waals surface area (Å²) in [5.41, 5.74) is 0. The highest BCUT2D eigenvalue weighted by Gasteiger charge is 2.26. The number of carbonyl (C=O) groups is 1. The number of likely N-dealkylation sites (tertiary alicyclic amines) is 1. The topological polar surface area (TPSA) is 44.4 Å². The maximum absolute atomic E-state index is 11.2. The molecule has 1 saturated heterocycles. The summed E-state index contributed by atoms with van der Waals surface area (Å²) in [7, 11) is 3.62. The molecule has 0 spiro atoms. The third kappa shape index (κ3) is 2.19. The molecule has 1 heterocycles. The number of nitrogens with zero attached hydrogens (tertiary/aromatic N) is 1. The van der Waals surface area contributed by atoms with Gasteiger partial charge in [0.05, 0.1) is 5.92 Å². The van der Waals surface area contributed by atoms with Gasteiger partial charge in [-0.2, -0.15) is 0 Å². The average molecular weight is 171 g/mol. The lowest BCUT2D eigenvalue weighted by atomic mass is 10.1. The molecule has 0 aliphatic carbocycles. The molecule has 70 valence electrons. The summed E-state index contributed by atoms with van der Waals surface area (Å²) in [6.07, 6.45) is 0.987. The van der Waals surface area contributed by atoms with Crippen LogP contribution in [0.25, 0.3) is 0 Å². The fraction of sp³-hybridized carbons (Fsp3) is 0.875. The summed E-state index contributed by atoms with van der Waals surface area (Å²) in [6.45, 7) is 2.80. The summed E-state index contributed by atoms with van der Waals surface area (Å²) < 4.78 is 0. The lowest BCUT2D eigenvalue weighted by Crippen LogP contribution is -2.33. The summed E-state index contributed by atoms with van der Waals surface area (Å²) in [5, 5.41) is 5.76. The standard InChI is InChI=1S/C8H17N3O/c1-9-6-11-4-3-7(5-11)8(12)10-2/h7,9H,3-6H2,1-2H3,(H,10,12)/t7-/m0/s1. The number of hydrogen-bond acceptors (Lipinski definition) is 3. The van der Waals surface area contributed by atoms with Crippen LogP contribution in [0.4, 0.5) is 0 Å². The highest BCUT2D eigenvalue weighted by atomic mass is 16.1. The van der Waals surface area contributed by atoms with E-state index in [0.717, 1.165) is 26.2 Å². The van der Waals surface area contributed by atoms with Gasteiger partial charge in [0.1, 0.15) is 0 Å². The molecule has 1 aliphatic rings. The van der Waals surface area contributed by atoms with Gasteiger partial charge < -0.3 is 10.6 Å². The molecule has 1 amide bonds. The second kappa shape index (κ2) is 4.42. The lowest BCUT2D eigenvalue weighted by Gasteiger charge is -2.14. The number of hydrogen-bond donors (Lipinski definition) is 2. The average Bonchev–Trinajstić information content (AvgIpc) is 2.52. The number of amides is 1. The van der Waals surface area contributed by atoms with Gasteiger partial charge in [0, 0.05) is 26.8 Å². The molecular formula is C8H17N3O. The molecule has 1 fully saturated rings. The Labute approximate surface area is 73.3 Å². The van der Waals surface area contributed by atoms with Gasteiger partial charge in [-0.05, 0) is 13.5 Å². The minimum Gasteiger partial charge on any atom is -0.359 e. The van der Waals surface area contributed by atoms with Gasteiger partial charge in [0.25, 0.3) is 0 Å². The number of rotatable bonds is 3. The molecule has 0 aromatic carbocycles. The minimum absolute atomic E-state index is 0.175. The molecule has 1 atom stereocenters. The second-order valence-electron chi connectivity index (χ2n) is 3.19. The van der Waals surface area contributed by atoms with Crippen LogP contribution in [0.1, 0.15) is 6.42 Å². The Morgan fingerprint density at radius 3 is 2.92 bits per heavy atom. The van der Waals surface area contributed by atoms with E-state index in [4.69, 9.17) is 0 Å². The Hall–Kier alpha value is -0.610. The lowest BCUT2D eigenvalue weighted by molar-refractivity contribution is -0.124. The molecule has 1 rings (SSSR count). The van der Waals surface area contributed by atoms with Gasteiger partial charge in [0.2, 0.25) is 5.91 Å².